The van der Waals surface area contributed by atoms with Crippen LogP contribution in [0.1, 0.15) is 38.1 Å². The zero-order valence-electron chi connectivity index (χ0n) is 10.7. The van der Waals surface area contributed by atoms with Gasteiger partial charge in [0.25, 0.3) is 0 Å². The molecular formula is C14H15BrClFN2. The quantitative estimate of drug-likeness (QED) is 0.710. The van der Waals surface area contributed by atoms with Gasteiger partial charge < -0.3 is 4.57 Å². The van der Waals surface area contributed by atoms with Gasteiger partial charge in [0.15, 0.2) is 0 Å². The molecule has 0 bridgehead atoms. The zero-order chi connectivity index (χ0) is 13.6. The molecule has 0 spiro atoms. The number of hydrogen-bond acceptors (Lipinski definition) is 1. The second-order valence-corrected chi connectivity index (χ2v) is 6.44. The van der Waals surface area contributed by atoms with Crippen LogP contribution >= 0.6 is 27.5 Å². The van der Waals surface area contributed by atoms with Gasteiger partial charge in [0.05, 0.1) is 21.4 Å². The maximum atomic E-state index is 13.6. The minimum Gasteiger partial charge on any atom is -0.324 e. The number of aromatic nitrogens is 2. The third kappa shape index (κ3) is 2.52. The van der Waals surface area contributed by atoms with E-state index < -0.39 is 0 Å². The first-order valence-electron chi connectivity index (χ1n) is 6.52. The summed E-state index contributed by atoms with van der Waals surface area (Å²) in [6.45, 7) is 2.19. The average Bonchev–Trinajstić information content (AvgIpc) is 3.10. The van der Waals surface area contributed by atoms with E-state index >= 15 is 0 Å². The van der Waals surface area contributed by atoms with E-state index in [1.807, 2.05) is 0 Å². The van der Waals surface area contributed by atoms with Gasteiger partial charge in [-0.05, 0) is 41.3 Å². The molecule has 0 radical (unpaired) electrons. The maximum absolute atomic E-state index is 13.6. The first-order valence-corrected chi connectivity index (χ1v) is 7.84. The molecule has 1 aromatic carbocycles. The van der Waals surface area contributed by atoms with E-state index in [9.17, 15) is 4.39 Å². The fraction of sp³-hybridized carbons (Fsp3) is 0.500. The second kappa shape index (κ2) is 5.06. The molecule has 1 aliphatic carbocycles. The number of nitrogens with zero attached hydrogens (tertiary/aromatic N) is 2. The Labute approximate surface area is 125 Å². The van der Waals surface area contributed by atoms with Gasteiger partial charge in [-0.1, -0.05) is 12.8 Å². The summed E-state index contributed by atoms with van der Waals surface area (Å²) in [5, 5.41) is 0. The van der Waals surface area contributed by atoms with Crippen LogP contribution in [-0.2, 0) is 5.88 Å². The molecule has 1 unspecified atom stereocenters. The first-order chi connectivity index (χ1) is 9.10. The second-order valence-electron chi connectivity index (χ2n) is 5.31. The Morgan fingerprint density at radius 1 is 1.53 bits per heavy atom. The highest BCUT2D eigenvalue weighted by atomic mass is 79.9. The Kier molecular flexibility index (Phi) is 3.56. The fourth-order valence-corrected chi connectivity index (χ4v) is 3.19. The van der Waals surface area contributed by atoms with Gasteiger partial charge in [-0.2, -0.15) is 0 Å². The molecule has 1 heterocycles. The van der Waals surface area contributed by atoms with Crippen LogP contribution in [0.2, 0.25) is 0 Å². The van der Waals surface area contributed by atoms with E-state index in [1.54, 1.807) is 6.07 Å². The van der Waals surface area contributed by atoms with Crippen molar-refractivity contribution in [1.29, 1.82) is 0 Å². The van der Waals surface area contributed by atoms with Crippen molar-refractivity contribution in [2.45, 2.75) is 38.1 Å². The lowest BCUT2D eigenvalue weighted by Crippen LogP contribution is -2.09. The van der Waals surface area contributed by atoms with Crippen molar-refractivity contribution in [3.8, 4) is 0 Å². The molecule has 2 aromatic rings. The van der Waals surface area contributed by atoms with Gasteiger partial charge in [-0.25, -0.2) is 9.37 Å². The van der Waals surface area contributed by atoms with E-state index in [1.165, 1.54) is 18.9 Å². The van der Waals surface area contributed by atoms with Crippen molar-refractivity contribution in [1.82, 2.24) is 9.55 Å². The normalized spacial score (nSPS) is 17.1. The van der Waals surface area contributed by atoms with Crippen LogP contribution in [0.5, 0.6) is 0 Å². The zero-order valence-corrected chi connectivity index (χ0v) is 13.0. The van der Waals surface area contributed by atoms with Crippen LogP contribution in [-0.4, -0.2) is 9.55 Å². The maximum Gasteiger partial charge on any atom is 0.139 e. The van der Waals surface area contributed by atoms with Gasteiger partial charge in [0.1, 0.15) is 11.6 Å². The smallest absolute Gasteiger partial charge is 0.139 e. The lowest BCUT2D eigenvalue weighted by Gasteiger charge is -2.16. The molecule has 0 aliphatic heterocycles. The summed E-state index contributed by atoms with van der Waals surface area (Å²) in [7, 11) is 0. The predicted molar refractivity (Wildman–Crippen MR) is 79.0 cm³/mol. The summed E-state index contributed by atoms with van der Waals surface area (Å²) in [6, 6.07) is 3.62. The largest absolute Gasteiger partial charge is 0.324 e. The molecule has 1 fully saturated rings. The Morgan fingerprint density at radius 2 is 2.26 bits per heavy atom. The van der Waals surface area contributed by atoms with E-state index in [-0.39, 0.29) is 5.82 Å². The summed E-state index contributed by atoms with van der Waals surface area (Å²) in [5.74, 6) is 1.72. The predicted octanol–water partition coefficient (Wildman–Crippen LogP) is 5.04. The molecule has 102 valence electrons. The molecule has 1 atom stereocenters. The Hall–Kier alpha value is -0.610. The van der Waals surface area contributed by atoms with Crippen molar-refractivity contribution in [2.24, 2.45) is 5.92 Å². The number of imidazole rings is 1. The number of rotatable bonds is 4. The molecule has 19 heavy (non-hydrogen) atoms. The lowest BCUT2D eigenvalue weighted by atomic mass is 10.1. The van der Waals surface area contributed by atoms with E-state index in [4.69, 9.17) is 11.6 Å². The summed E-state index contributed by atoms with van der Waals surface area (Å²) >= 11 is 9.24. The van der Waals surface area contributed by atoms with Gasteiger partial charge in [-0.15, -0.1) is 11.6 Å². The van der Waals surface area contributed by atoms with Crippen molar-refractivity contribution >= 4 is 38.6 Å². The average molecular weight is 346 g/mol. The molecule has 0 N–H and O–H groups in total. The number of hydrogen-bond donors (Lipinski definition) is 0. The SMILES string of the molecule is CC(CC1CC1)n1c(CCl)nc2cc(F)c(Br)cc21. The molecule has 5 heteroatoms. The van der Waals surface area contributed by atoms with E-state index in [2.05, 4.69) is 32.4 Å². The molecule has 1 saturated carbocycles. The van der Waals surface area contributed by atoms with E-state index in [0.29, 0.717) is 21.9 Å². The van der Waals surface area contributed by atoms with Crippen LogP contribution in [0.3, 0.4) is 0 Å². The van der Waals surface area contributed by atoms with Gasteiger partial charge in [-0.3, -0.25) is 0 Å². The van der Waals surface area contributed by atoms with Gasteiger partial charge in [0.2, 0.25) is 0 Å². The molecule has 2 nitrogen and oxygen atoms in total. The monoisotopic (exact) mass is 344 g/mol. The third-order valence-electron chi connectivity index (χ3n) is 3.74. The molecule has 0 saturated heterocycles. The Morgan fingerprint density at radius 3 is 2.89 bits per heavy atom. The number of alkyl halides is 1. The number of fused-ring (bicyclic) bond motifs is 1. The highest BCUT2D eigenvalue weighted by Gasteiger charge is 2.26. The fourth-order valence-electron chi connectivity index (χ4n) is 2.67. The first kappa shape index (κ1) is 13.4. The molecular weight excluding hydrogens is 331 g/mol. The van der Waals surface area contributed by atoms with Crippen LogP contribution in [0, 0.1) is 11.7 Å². The van der Waals surface area contributed by atoms with Crippen LogP contribution in [0.15, 0.2) is 16.6 Å². The Balaban J connectivity index is 2.10. The molecule has 1 aliphatic rings. The summed E-state index contributed by atoms with van der Waals surface area (Å²) in [4.78, 5) is 4.45. The Bertz CT molecular complexity index is 621. The van der Waals surface area contributed by atoms with Crippen LogP contribution in [0.25, 0.3) is 11.0 Å². The van der Waals surface area contributed by atoms with Crippen molar-refractivity contribution in [3.63, 3.8) is 0 Å². The van der Waals surface area contributed by atoms with E-state index in [0.717, 1.165) is 23.7 Å². The van der Waals surface area contributed by atoms with Crippen LogP contribution in [0.4, 0.5) is 4.39 Å². The van der Waals surface area contributed by atoms with Crippen molar-refractivity contribution in [2.75, 3.05) is 0 Å². The highest BCUT2D eigenvalue weighted by molar-refractivity contribution is 9.10. The highest BCUT2D eigenvalue weighted by Crippen LogP contribution is 2.38. The standard InChI is InChI=1S/C14H15BrClFN2/c1-8(4-9-2-3-9)19-13-5-10(15)11(17)6-12(13)18-14(19)7-16/h5-6,8-9H,2-4,7H2,1H3. The summed E-state index contributed by atoms with van der Waals surface area (Å²) in [5.41, 5.74) is 1.64. The van der Waals surface area contributed by atoms with Gasteiger partial charge in [0, 0.05) is 12.1 Å². The molecule has 1 aromatic heterocycles. The minimum absolute atomic E-state index is 0.284. The number of benzene rings is 1. The molecule has 3 rings (SSSR count). The van der Waals surface area contributed by atoms with Gasteiger partial charge >= 0.3 is 0 Å². The minimum atomic E-state index is -0.284. The third-order valence-corrected chi connectivity index (χ3v) is 4.58. The lowest BCUT2D eigenvalue weighted by molar-refractivity contribution is 0.477. The summed E-state index contributed by atoms with van der Waals surface area (Å²) in [6.07, 6.45) is 3.79. The van der Waals surface area contributed by atoms with Crippen molar-refractivity contribution < 1.29 is 4.39 Å². The summed E-state index contributed by atoms with van der Waals surface area (Å²) < 4.78 is 16.2. The topological polar surface area (TPSA) is 17.8 Å². The molecule has 0 amide bonds. The van der Waals surface area contributed by atoms with Crippen molar-refractivity contribution in [3.05, 3.63) is 28.2 Å². The van der Waals surface area contributed by atoms with Crippen LogP contribution < -0.4 is 0 Å². The number of halogens is 3.